The minimum Gasteiger partial charge on any atom is -0.376 e. The molecule has 0 radical (unpaired) electrons. The van der Waals surface area contributed by atoms with Crippen LogP contribution < -0.4 is 5.32 Å². The molecule has 1 saturated carbocycles. The van der Waals surface area contributed by atoms with E-state index in [4.69, 9.17) is 4.74 Å². The Kier molecular flexibility index (Phi) is 6.77. The molecule has 1 aromatic heterocycles. The topological polar surface area (TPSA) is 71.5 Å². The third-order valence-corrected chi connectivity index (χ3v) is 5.38. The molecule has 3 atom stereocenters. The lowest BCUT2D eigenvalue weighted by molar-refractivity contribution is -0.138. The number of carbonyl (C=O) groups excluding carboxylic acids is 2. The van der Waals surface area contributed by atoms with Crippen LogP contribution in [-0.4, -0.2) is 53.5 Å². The van der Waals surface area contributed by atoms with Gasteiger partial charge in [-0.15, -0.1) is 0 Å². The average molecular weight is 377 g/mol. The zero-order valence-electron chi connectivity index (χ0n) is 15.8. The zero-order valence-corrected chi connectivity index (χ0v) is 15.8. The van der Waals surface area contributed by atoms with Crippen molar-refractivity contribution in [2.24, 2.45) is 5.92 Å². The fraction of sp³-hybridized carbons (Fsp3) is 0.650. The summed E-state index contributed by atoms with van der Waals surface area (Å²) in [5.74, 6) is -0.728. The molecule has 148 valence electrons. The summed E-state index contributed by atoms with van der Waals surface area (Å²) in [6.07, 6.45) is 7.25. The molecule has 2 aliphatic rings. The molecule has 7 heteroatoms. The Bertz CT molecular complexity index is 664. The van der Waals surface area contributed by atoms with Crippen LogP contribution in [-0.2, 0) is 9.53 Å². The van der Waals surface area contributed by atoms with Crippen LogP contribution in [0.25, 0.3) is 0 Å². The number of nitrogens with zero attached hydrogens (tertiary/aromatic N) is 2. The van der Waals surface area contributed by atoms with E-state index in [9.17, 15) is 14.0 Å². The molecule has 2 heterocycles. The van der Waals surface area contributed by atoms with Gasteiger partial charge in [-0.25, -0.2) is 4.39 Å². The summed E-state index contributed by atoms with van der Waals surface area (Å²) < 4.78 is 19.3. The molecule has 3 rings (SSSR count). The van der Waals surface area contributed by atoms with Crippen molar-refractivity contribution in [3.63, 3.8) is 0 Å². The lowest BCUT2D eigenvalue weighted by Crippen LogP contribution is -2.50. The maximum absolute atomic E-state index is 13.3. The highest BCUT2D eigenvalue weighted by molar-refractivity contribution is 5.94. The van der Waals surface area contributed by atoms with E-state index >= 15 is 0 Å². The van der Waals surface area contributed by atoms with Crippen LogP contribution in [0.4, 0.5) is 4.39 Å². The highest BCUT2D eigenvalue weighted by Gasteiger charge is 2.37. The number of rotatable bonds is 6. The summed E-state index contributed by atoms with van der Waals surface area (Å²) in [6, 6.07) is 0.988. The molecule has 0 spiro atoms. The smallest absolute Gasteiger partial charge is 0.253 e. The first kappa shape index (κ1) is 19.7. The van der Waals surface area contributed by atoms with Crippen LogP contribution >= 0.6 is 0 Å². The lowest BCUT2D eigenvalue weighted by Gasteiger charge is -2.37. The molecular formula is C20H28FN3O3. The van der Waals surface area contributed by atoms with E-state index in [1.165, 1.54) is 12.3 Å². The number of nitrogens with one attached hydrogen (secondary N) is 1. The second kappa shape index (κ2) is 9.26. The van der Waals surface area contributed by atoms with E-state index in [-0.39, 0.29) is 35.4 Å². The molecular weight excluding hydrogens is 349 g/mol. The Hall–Kier alpha value is -2.02. The third kappa shape index (κ3) is 5.03. The number of halogens is 1. The van der Waals surface area contributed by atoms with Gasteiger partial charge >= 0.3 is 0 Å². The second-order valence-corrected chi connectivity index (χ2v) is 7.42. The molecule has 1 N–H and O–H groups in total. The second-order valence-electron chi connectivity index (χ2n) is 7.42. The quantitative estimate of drug-likeness (QED) is 0.827. The number of aromatic nitrogens is 1. The summed E-state index contributed by atoms with van der Waals surface area (Å²) in [7, 11) is 0. The van der Waals surface area contributed by atoms with Crippen molar-refractivity contribution in [2.75, 3.05) is 19.7 Å². The average Bonchev–Trinajstić information content (AvgIpc) is 3.21. The molecule has 2 fully saturated rings. The largest absolute Gasteiger partial charge is 0.376 e. The Balaban J connectivity index is 1.63. The highest BCUT2D eigenvalue weighted by Crippen LogP contribution is 2.30. The van der Waals surface area contributed by atoms with Crippen LogP contribution in [0, 0.1) is 11.7 Å². The first-order valence-corrected chi connectivity index (χ1v) is 9.90. The SMILES string of the molecule is CCCO[C@@H]1C[C@@H](C(=O)N2CCCC2)CC[C@H]1NC(=O)c1cncc(F)c1. The number of carbonyl (C=O) groups is 2. The van der Waals surface area contributed by atoms with Gasteiger partial charge in [-0.2, -0.15) is 0 Å². The van der Waals surface area contributed by atoms with Crippen molar-refractivity contribution < 1.29 is 18.7 Å². The van der Waals surface area contributed by atoms with Crippen molar-refractivity contribution in [1.29, 1.82) is 0 Å². The number of amides is 2. The van der Waals surface area contributed by atoms with Crippen LogP contribution in [0.15, 0.2) is 18.5 Å². The van der Waals surface area contributed by atoms with Crippen LogP contribution in [0.1, 0.15) is 55.8 Å². The van der Waals surface area contributed by atoms with Crippen LogP contribution in [0.5, 0.6) is 0 Å². The number of likely N-dealkylation sites (tertiary alicyclic amines) is 1. The van der Waals surface area contributed by atoms with E-state index in [1.54, 1.807) is 0 Å². The summed E-state index contributed by atoms with van der Waals surface area (Å²) in [5, 5.41) is 2.95. The Morgan fingerprint density at radius 3 is 2.78 bits per heavy atom. The van der Waals surface area contributed by atoms with Crippen LogP contribution in [0.2, 0.25) is 0 Å². The number of ether oxygens (including phenoxy) is 1. The molecule has 0 aromatic carbocycles. The van der Waals surface area contributed by atoms with Crippen molar-refractivity contribution in [3.05, 3.63) is 29.8 Å². The van der Waals surface area contributed by atoms with Crippen LogP contribution in [0.3, 0.4) is 0 Å². The molecule has 0 unspecified atom stereocenters. The van der Waals surface area contributed by atoms with Gasteiger partial charge in [0.25, 0.3) is 5.91 Å². The van der Waals surface area contributed by atoms with E-state index in [2.05, 4.69) is 10.3 Å². The molecule has 1 saturated heterocycles. The zero-order chi connectivity index (χ0) is 19.2. The monoisotopic (exact) mass is 377 g/mol. The van der Waals surface area contributed by atoms with Gasteiger partial charge in [0, 0.05) is 31.8 Å². The molecule has 1 aromatic rings. The number of hydrogen-bond acceptors (Lipinski definition) is 4. The van der Waals surface area contributed by atoms with Gasteiger partial charge in [0.2, 0.25) is 5.91 Å². The van der Waals surface area contributed by atoms with Gasteiger partial charge in [-0.3, -0.25) is 14.6 Å². The summed E-state index contributed by atoms with van der Waals surface area (Å²) in [4.78, 5) is 30.9. The minimum atomic E-state index is -0.540. The highest BCUT2D eigenvalue weighted by atomic mass is 19.1. The molecule has 2 amide bonds. The van der Waals surface area contributed by atoms with E-state index in [0.717, 1.165) is 45.0 Å². The van der Waals surface area contributed by atoms with E-state index in [0.29, 0.717) is 19.4 Å². The van der Waals surface area contributed by atoms with Gasteiger partial charge in [0.05, 0.1) is 23.9 Å². The molecule has 27 heavy (non-hydrogen) atoms. The van der Waals surface area contributed by atoms with E-state index in [1.807, 2.05) is 11.8 Å². The molecule has 1 aliphatic carbocycles. The molecule has 6 nitrogen and oxygen atoms in total. The van der Waals surface area contributed by atoms with Crippen molar-refractivity contribution in [1.82, 2.24) is 15.2 Å². The normalized spacial score (nSPS) is 25.4. The summed E-state index contributed by atoms with van der Waals surface area (Å²) >= 11 is 0. The molecule has 1 aliphatic heterocycles. The standard InChI is InChI=1S/C20H28FN3O3/c1-2-9-27-18-11-14(20(26)24-7-3-4-8-24)5-6-17(18)23-19(25)15-10-16(21)13-22-12-15/h10,12-14,17-18H,2-9,11H2,1H3,(H,23,25)/t14-,17+,18+/m0/s1. The minimum absolute atomic E-state index is 0.0473. The molecule has 0 bridgehead atoms. The predicted molar refractivity (Wildman–Crippen MR) is 98.6 cm³/mol. The van der Waals surface area contributed by atoms with Crippen molar-refractivity contribution in [3.8, 4) is 0 Å². The predicted octanol–water partition coefficient (Wildman–Crippen LogP) is 2.54. The Morgan fingerprint density at radius 2 is 2.07 bits per heavy atom. The lowest BCUT2D eigenvalue weighted by atomic mass is 9.82. The fourth-order valence-electron chi connectivity index (χ4n) is 3.96. The Morgan fingerprint density at radius 1 is 1.30 bits per heavy atom. The summed E-state index contributed by atoms with van der Waals surface area (Å²) in [6.45, 7) is 4.32. The maximum Gasteiger partial charge on any atom is 0.253 e. The van der Waals surface area contributed by atoms with E-state index < -0.39 is 5.82 Å². The van der Waals surface area contributed by atoms with Gasteiger partial charge in [0.15, 0.2) is 0 Å². The third-order valence-electron chi connectivity index (χ3n) is 5.38. The number of pyridine rings is 1. The Labute approximate surface area is 159 Å². The van der Waals surface area contributed by atoms with Crippen molar-refractivity contribution in [2.45, 2.75) is 57.6 Å². The summed E-state index contributed by atoms with van der Waals surface area (Å²) in [5.41, 5.74) is 0.194. The fourth-order valence-corrected chi connectivity index (χ4v) is 3.96. The van der Waals surface area contributed by atoms with Gasteiger partial charge < -0.3 is 15.0 Å². The first-order valence-electron chi connectivity index (χ1n) is 9.90. The maximum atomic E-state index is 13.3. The van der Waals surface area contributed by atoms with Gasteiger partial charge in [-0.05, 0) is 44.6 Å². The first-order chi connectivity index (χ1) is 13.1. The van der Waals surface area contributed by atoms with Crippen molar-refractivity contribution >= 4 is 11.8 Å². The van der Waals surface area contributed by atoms with Gasteiger partial charge in [0.1, 0.15) is 5.82 Å². The number of hydrogen-bond donors (Lipinski definition) is 1. The van der Waals surface area contributed by atoms with Gasteiger partial charge in [-0.1, -0.05) is 6.92 Å².